The van der Waals surface area contributed by atoms with E-state index >= 15 is 0 Å². The lowest BCUT2D eigenvalue weighted by Gasteiger charge is -2.23. The zero-order chi connectivity index (χ0) is 16.2. The number of rotatable bonds is 5. The number of aromatic nitrogens is 3. The van der Waals surface area contributed by atoms with E-state index in [0.29, 0.717) is 5.69 Å². The molecular weight excluding hydrogens is 319 g/mol. The van der Waals surface area contributed by atoms with E-state index in [-0.39, 0.29) is 35.8 Å². The molecule has 22 heavy (non-hydrogen) atoms. The monoisotopic (exact) mass is 337 g/mol. The number of hydrogen-bond donors (Lipinski definition) is 2. The van der Waals surface area contributed by atoms with E-state index < -0.39 is 11.4 Å². The molecule has 0 saturated carbocycles. The van der Waals surface area contributed by atoms with Gasteiger partial charge in [0.1, 0.15) is 0 Å². The lowest BCUT2D eigenvalue weighted by Crippen LogP contribution is -2.30. The number of carbonyl (C=O) groups excluding carboxylic acids is 1. The average molecular weight is 337 g/mol. The predicted molar refractivity (Wildman–Crippen MR) is 76.7 cm³/mol. The quantitative estimate of drug-likeness (QED) is 0.797. The van der Waals surface area contributed by atoms with Gasteiger partial charge in [-0.3, -0.25) is 4.79 Å². The summed E-state index contributed by atoms with van der Waals surface area (Å²) in [6, 6.07) is 0.205. The van der Waals surface area contributed by atoms with Crippen LogP contribution < -0.4 is 10.6 Å². The van der Waals surface area contributed by atoms with E-state index in [9.17, 15) is 18.0 Å². The van der Waals surface area contributed by atoms with E-state index in [2.05, 4.69) is 20.9 Å². The van der Waals surface area contributed by atoms with Crippen LogP contribution in [0.4, 0.5) is 13.2 Å². The number of halogens is 3. The lowest BCUT2D eigenvalue weighted by atomic mass is 10.1. The van der Waals surface area contributed by atoms with Gasteiger partial charge in [0, 0.05) is 12.3 Å². The highest BCUT2D eigenvalue weighted by Gasteiger charge is 2.28. The van der Waals surface area contributed by atoms with Crippen molar-refractivity contribution < 1.29 is 18.0 Å². The second-order valence-corrected chi connectivity index (χ2v) is 6.16. The van der Waals surface area contributed by atoms with Crippen molar-refractivity contribution in [1.29, 1.82) is 0 Å². The van der Waals surface area contributed by atoms with Gasteiger partial charge in [0.2, 0.25) is 0 Å². The van der Waals surface area contributed by atoms with Gasteiger partial charge in [-0.1, -0.05) is 5.21 Å². The third-order valence-corrected chi connectivity index (χ3v) is 4.19. The Kier molecular flexibility index (Phi) is 5.68. The van der Waals surface area contributed by atoms with Crippen LogP contribution in [0.1, 0.15) is 35.1 Å². The molecule has 1 saturated heterocycles. The Balaban J connectivity index is 1.89. The van der Waals surface area contributed by atoms with E-state index in [1.165, 1.54) is 0 Å². The third kappa shape index (κ3) is 4.60. The summed E-state index contributed by atoms with van der Waals surface area (Å²) in [4.78, 5) is 12.0. The average Bonchev–Trinajstić information content (AvgIpc) is 2.85. The van der Waals surface area contributed by atoms with Crippen LogP contribution >= 0.6 is 11.8 Å². The van der Waals surface area contributed by atoms with E-state index in [4.69, 9.17) is 0 Å². The van der Waals surface area contributed by atoms with Crippen molar-refractivity contribution in [3.05, 3.63) is 11.4 Å². The smallest absolute Gasteiger partial charge is 0.350 e. The maximum absolute atomic E-state index is 12.0. The first-order chi connectivity index (χ1) is 10.4. The fourth-order valence-electron chi connectivity index (χ4n) is 2.36. The van der Waals surface area contributed by atoms with Crippen molar-refractivity contribution in [3.8, 4) is 0 Å². The Morgan fingerprint density at radius 1 is 1.45 bits per heavy atom. The minimum absolute atomic E-state index is 0.0668. The number of carbonyl (C=O) groups is 1. The Morgan fingerprint density at radius 2 is 2.14 bits per heavy atom. The Bertz CT molecular complexity index is 513. The van der Waals surface area contributed by atoms with Crippen molar-refractivity contribution in [2.75, 3.05) is 25.4 Å². The van der Waals surface area contributed by atoms with Crippen LogP contribution in [-0.4, -0.2) is 51.8 Å². The van der Waals surface area contributed by atoms with Gasteiger partial charge in [-0.25, -0.2) is 4.68 Å². The van der Waals surface area contributed by atoms with Crippen LogP contribution in [-0.2, 0) is 0 Å². The fourth-order valence-corrected chi connectivity index (χ4v) is 2.80. The number of piperidine rings is 1. The number of alkyl halides is 3. The van der Waals surface area contributed by atoms with Crippen LogP contribution in [0, 0.1) is 6.92 Å². The molecule has 10 heteroatoms. The maximum Gasteiger partial charge on any atom is 0.441 e. The Morgan fingerprint density at radius 3 is 2.77 bits per heavy atom. The highest BCUT2D eigenvalue weighted by atomic mass is 32.2. The van der Waals surface area contributed by atoms with Crippen LogP contribution in [0.25, 0.3) is 0 Å². The minimum atomic E-state index is -4.28. The Hall–Kier alpha value is -1.29. The number of thioether (sulfide) groups is 1. The predicted octanol–water partition coefficient (Wildman–Crippen LogP) is 1.49. The Labute approximate surface area is 130 Å². The molecule has 0 atom stereocenters. The van der Waals surface area contributed by atoms with Gasteiger partial charge >= 0.3 is 5.51 Å². The lowest BCUT2D eigenvalue weighted by molar-refractivity contribution is -0.0327. The molecule has 2 rings (SSSR count). The molecule has 1 aliphatic rings. The third-order valence-electron chi connectivity index (χ3n) is 3.45. The molecular formula is C12H18F3N5OS. The summed E-state index contributed by atoms with van der Waals surface area (Å²) in [6.45, 7) is 3.46. The molecule has 0 aliphatic carbocycles. The standard InChI is InChI=1S/C12H18F3N5OS/c1-8-10(11(21)17-6-7-22-12(13,14)15)18-19-20(8)9-2-4-16-5-3-9/h9,16H,2-7H2,1H3,(H,17,21). The molecule has 0 radical (unpaired) electrons. The van der Waals surface area contributed by atoms with Crippen molar-refractivity contribution in [1.82, 2.24) is 25.6 Å². The van der Waals surface area contributed by atoms with Gasteiger partial charge in [-0.15, -0.1) is 5.10 Å². The molecule has 1 aromatic rings. The summed E-state index contributed by atoms with van der Waals surface area (Å²) in [7, 11) is 0. The SMILES string of the molecule is Cc1c(C(=O)NCCSC(F)(F)F)nnn1C1CCNCC1. The van der Waals surface area contributed by atoms with Gasteiger partial charge in [0.05, 0.1) is 11.7 Å². The molecule has 0 unspecified atom stereocenters. The first-order valence-corrected chi connectivity index (χ1v) is 7.98. The van der Waals surface area contributed by atoms with Gasteiger partial charge in [-0.2, -0.15) is 13.2 Å². The van der Waals surface area contributed by atoms with Crippen LogP contribution in [0.3, 0.4) is 0 Å². The topological polar surface area (TPSA) is 71.8 Å². The van der Waals surface area contributed by atoms with E-state index in [1.54, 1.807) is 11.6 Å². The molecule has 0 spiro atoms. The van der Waals surface area contributed by atoms with Crippen molar-refractivity contribution in [2.24, 2.45) is 0 Å². The zero-order valence-corrected chi connectivity index (χ0v) is 12.9. The van der Waals surface area contributed by atoms with Crippen LogP contribution in [0.5, 0.6) is 0 Å². The van der Waals surface area contributed by atoms with Crippen molar-refractivity contribution in [3.63, 3.8) is 0 Å². The summed E-state index contributed by atoms with van der Waals surface area (Å²) in [5.41, 5.74) is -3.46. The summed E-state index contributed by atoms with van der Waals surface area (Å²) in [5, 5.41) is 13.6. The summed E-state index contributed by atoms with van der Waals surface area (Å²) in [5.74, 6) is -0.711. The van der Waals surface area contributed by atoms with Gasteiger partial charge in [-0.05, 0) is 44.6 Å². The minimum Gasteiger partial charge on any atom is -0.350 e. The van der Waals surface area contributed by atoms with E-state index in [0.717, 1.165) is 25.9 Å². The first-order valence-electron chi connectivity index (χ1n) is 7.00. The summed E-state index contributed by atoms with van der Waals surface area (Å²) < 4.78 is 37.7. The van der Waals surface area contributed by atoms with Crippen LogP contribution in [0.15, 0.2) is 0 Å². The molecule has 2 heterocycles. The van der Waals surface area contributed by atoms with E-state index in [1.807, 2.05) is 0 Å². The molecule has 1 aliphatic heterocycles. The molecule has 1 aromatic heterocycles. The van der Waals surface area contributed by atoms with Gasteiger partial charge in [0.15, 0.2) is 5.69 Å². The van der Waals surface area contributed by atoms with Gasteiger partial charge in [0.25, 0.3) is 5.91 Å². The second kappa shape index (κ2) is 7.32. The number of hydrogen-bond acceptors (Lipinski definition) is 5. The second-order valence-electron chi connectivity index (χ2n) is 5.00. The zero-order valence-electron chi connectivity index (χ0n) is 12.1. The molecule has 0 bridgehead atoms. The normalized spacial score (nSPS) is 16.7. The highest BCUT2D eigenvalue weighted by Crippen LogP contribution is 2.29. The highest BCUT2D eigenvalue weighted by molar-refractivity contribution is 8.00. The molecule has 1 fully saturated rings. The molecule has 2 N–H and O–H groups in total. The molecule has 0 aromatic carbocycles. The van der Waals surface area contributed by atoms with Crippen molar-refractivity contribution in [2.45, 2.75) is 31.3 Å². The van der Waals surface area contributed by atoms with Crippen molar-refractivity contribution >= 4 is 17.7 Å². The first kappa shape index (κ1) is 17.1. The maximum atomic E-state index is 12.0. The van der Waals surface area contributed by atoms with Gasteiger partial charge < -0.3 is 10.6 Å². The van der Waals surface area contributed by atoms with Crippen LogP contribution in [0.2, 0.25) is 0 Å². The largest absolute Gasteiger partial charge is 0.441 e. The number of nitrogens with one attached hydrogen (secondary N) is 2. The summed E-state index contributed by atoms with van der Waals surface area (Å²) >= 11 is -0.160. The fraction of sp³-hybridized carbons (Fsp3) is 0.750. The summed E-state index contributed by atoms with van der Waals surface area (Å²) in [6.07, 6.45) is 1.82. The molecule has 124 valence electrons. The molecule has 6 nitrogen and oxygen atoms in total. The molecule has 1 amide bonds. The number of nitrogens with zero attached hydrogens (tertiary/aromatic N) is 3. The number of amides is 1.